The van der Waals surface area contributed by atoms with E-state index in [4.69, 9.17) is 4.78 Å². The van der Waals surface area contributed by atoms with Crippen LogP contribution in [0.15, 0.2) is 35.2 Å². The van der Waals surface area contributed by atoms with Crippen LogP contribution in [-0.4, -0.2) is 38.4 Å². The molecule has 4 aliphatic carbocycles. The molecule has 4 fully saturated rings. The fourth-order valence-corrected chi connectivity index (χ4v) is 6.47. The lowest BCUT2D eigenvalue weighted by Gasteiger charge is -2.61. The number of anilines is 1. The molecule has 190 valence electrons. The second kappa shape index (κ2) is 7.27. The van der Waals surface area contributed by atoms with Gasteiger partial charge in [0.25, 0.3) is 5.91 Å². The lowest BCUT2D eigenvalue weighted by Crippen LogP contribution is -2.55. The summed E-state index contributed by atoms with van der Waals surface area (Å²) in [5.74, 6) is -3.68. The summed E-state index contributed by atoms with van der Waals surface area (Å²) in [6.07, 6.45) is -2.37. The standard InChI is InChI=1S/C23H25F5N4O2S/c1-20(11-22(24,25)12-20)13-31-17(7-18(30-31)21-8-14(9-21)10-21)19(33)32(23(26,27)28)15-4-3-5-16(6-15)35(2,29)34/h3-7,14,29H,8-13H2,1-2H3. The number of amides is 1. The number of carbonyl (C=O) groups excluding carboxylic acids is 1. The summed E-state index contributed by atoms with van der Waals surface area (Å²) in [6.45, 7) is 1.50. The van der Waals surface area contributed by atoms with Crippen LogP contribution < -0.4 is 4.90 Å². The van der Waals surface area contributed by atoms with E-state index < -0.39 is 51.8 Å². The minimum Gasteiger partial charge on any atom is -0.267 e. The first-order chi connectivity index (χ1) is 16.0. The first-order valence-electron chi connectivity index (χ1n) is 11.2. The fraction of sp³-hybridized carbons (Fsp3) is 0.565. The third-order valence-electron chi connectivity index (χ3n) is 7.47. The van der Waals surface area contributed by atoms with Crippen molar-refractivity contribution < 1.29 is 31.0 Å². The Bertz CT molecular complexity index is 1290. The highest BCUT2D eigenvalue weighted by Crippen LogP contribution is 2.65. The summed E-state index contributed by atoms with van der Waals surface area (Å²) < 4.78 is 90.8. The van der Waals surface area contributed by atoms with Gasteiger partial charge >= 0.3 is 6.30 Å². The van der Waals surface area contributed by atoms with E-state index in [-0.39, 0.29) is 27.4 Å². The lowest BCUT2D eigenvalue weighted by atomic mass is 9.43. The Labute approximate surface area is 199 Å². The largest absolute Gasteiger partial charge is 0.491 e. The van der Waals surface area contributed by atoms with Crippen LogP contribution in [0.2, 0.25) is 0 Å². The Morgan fingerprint density at radius 2 is 1.86 bits per heavy atom. The number of hydrogen-bond donors (Lipinski definition) is 1. The molecule has 1 heterocycles. The molecule has 1 unspecified atom stereocenters. The molecule has 0 radical (unpaired) electrons. The van der Waals surface area contributed by atoms with Crippen LogP contribution in [0.5, 0.6) is 0 Å². The monoisotopic (exact) mass is 516 g/mol. The van der Waals surface area contributed by atoms with Crippen LogP contribution in [-0.2, 0) is 21.7 Å². The van der Waals surface area contributed by atoms with E-state index >= 15 is 0 Å². The van der Waals surface area contributed by atoms with Gasteiger partial charge in [0, 0.05) is 36.0 Å². The molecule has 4 saturated carbocycles. The number of rotatable bonds is 6. The molecule has 0 aliphatic heterocycles. The van der Waals surface area contributed by atoms with Gasteiger partial charge in [-0.15, -0.1) is 13.2 Å². The fourth-order valence-electron chi connectivity index (χ4n) is 5.79. The molecule has 35 heavy (non-hydrogen) atoms. The molecule has 1 N–H and O–H groups in total. The van der Waals surface area contributed by atoms with Crippen LogP contribution in [0.3, 0.4) is 0 Å². The lowest BCUT2D eigenvalue weighted by molar-refractivity contribution is -0.160. The van der Waals surface area contributed by atoms with Crippen LogP contribution in [0.1, 0.15) is 55.2 Å². The quantitative estimate of drug-likeness (QED) is 0.403. The Morgan fingerprint density at radius 3 is 2.34 bits per heavy atom. The van der Waals surface area contributed by atoms with Crippen molar-refractivity contribution in [3.05, 3.63) is 41.7 Å². The van der Waals surface area contributed by atoms with E-state index in [0.717, 1.165) is 42.3 Å². The number of aromatic nitrogens is 2. The number of carbonyl (C=O) groups is 1. The molecule has 12 heteroatoms. The van der Waals surface area contributed by atoms with Gasteiger partial charge in [0.2, 0.25) is 5.92 Å². The highest BCUT2D eigenvalue weighted by atomic mass is 32.2. The number of alkyl halides is 5. The SMILES string of the molecule is CC1(Cn2nc(C34CC(C3)C4)cc2C(=O)N(c2cccc(S(C)(=N)=O)c2)C(F)(F)F)CC(F)(F)C1. The molecule has 4 aliphatic rings. The predicted octanol–water partition coefficient (Wildman–Crippen LogP) is 5.57. The maximum atomic E-state index is 14.2. The molecular weight excluding hydrogens is 491 g/mol. The summed E-state index contributed by atoms with van der Waals surface area (Å²) in [4.78, 5) is 12.9. The summed E-state index contributed by atoms with van der Waals surface area (Å²) >= 11 is 0. The second-order valence-electron chi connectivity index (χ2n) is 10.8. The molecule has 0 spiro atoms. The van der Waals surface area contributed by atoms with Crippen molar-refractivity contribution in [3.8, 4) is 0 Å². The van der Waals surface area contributed by atoms with Crippen molar-refractivity contribution in [3.63, 3.8) is 0 Å². The van der Waals surface area contributed by atoms with Crippen LogP contribution in [0.25, 0.3) is 0 Å². The minimum absolute atomic E-state index is 0.107. The van der Waals surface area contributed by atoms with Gasteiger partial charge in [-0.2, -0.15) is 5.10 Å². The maximum Gasteiger partial charge on any atom is 0.491 e. The highest BCUT2D eigenvalue weighted by molar-refractivity contribution is 7.91. The van der Waals surface area contributed by atoms with Crippen LogP contribution in [0.4, 0.5) is 27.6 Å². The average molecular weight is 517 g/mol. The van der Waals surface area contributed by atoms with Gasteiger partial charge in [0.1, 0.15) is 5.69 Å². The molecule has 1 amide bonds. The van der Waals surface area contributed by atoms with Crippen molar-refractivity contribution >= 4 is 21.3 Å². The van der Waals surface area contributed by atoms with E-state index in [2.05, 4.69) is 5.10 Å². The molecule has 1 aromatic carbocycles. The molecule has 0 saturated heterocycles. The van der Waals surface area contributed by atoms with Crippen molar-refractivity contribution in [2.75, 3.05) is 11.2 Å². The van der Waals surface area contributed by atoms with E-state index in [1.807, 2.05) is 0 Å². The van der Waals surface area contributed by atoms with Gasteiger partial charge in [-0.1, -0.05) is 13.0 Å². The first kappa shape index (κ1) is 24.2. The number of benzene rings is 1. The number of nitrogens with one attached hydrogen (secondary N) is 1. The molecule has 2 aromatic rings. The minimum atomic E-state index is -5.13. The molecule has 2 bridgehead atoms. The summed E-state index contributed by atoms with van der Waals surface area (Å²) in [5.41, 5.74) is -1.53. The topological polar surface area (TPSA) is 79.1 Å². The van der Waals surface area contributed by atoms with Crippen molar-refractivity contribution in [1.29, 1.82) is 4.78 Å². The number of halogens is 5. The summed E-state index contributed by atoms with van der Waals surface area (Å²) in [5, 5.41) is 4.47. The van der Waals surface area contributed by atoms with Crippen molar-refractivity contribution in [2.45, 2.75) is 68.1 Å². The van der Waals surface area contributed by atoms with Crippen molar-refractivity contribution in [1.82, 2.24) is 9.78 Å². The van der Waals surface area contributed by atoms with Gasteiger partial charge in [-0.25, -0.2) is 22.7 Å². The molecule has 6 rings (SSSR count). The summed E-state index contributed by atoms with van der Waals surface area (Å²) in [7, 11) is -3.33. The Hall–Kier alpha value is -2.50. The Kier molecular flexibility index (Phi) is 5.03. The Morgan fingerprint density at radius 1 is 1.23 bits per heavy atom. The third-order valence-corrected chi connectivity index (χ3v) is 8.62. The van der Waals surface area contributed by atoms with Crippen LogP contribution in [0, 0.1) is 16.1 Å². The van der Waals surface area contributed by atoms with Gasteiger partial charge in [0.15, 0.2) is 0 Å². The van der Waals surface area contributed by atoms with E-state index in [1.54, 1.807) is 6.92 Å². The second-order valence-corrected chi connectivity index (χ2v) is 13.0. The summed E-state index contributed by atoms with van der Waals surface area (Å²) in [6, 6.07) is 5.80. The number of hydrogen-bond acceptors (Lipinski definition) is 4. The zero-order valence-corrected chi connectivity index (χ0v) is 20.0. The van der Waals surface area contributed by atoms with E-state index in [9.17, 15) is 31.0 Å². The van der Waals surface area contributed by atoms with Crippen molar-refractivity contribution in [2.24, 2.45) is 11.3 Å². The number of nitrogens with zero attached hydrogens (tertiary/aromatic N) is 3. The Balaban J connectivity index is 1.55. The molecular formula is C23H25F5N4O2S. The van der Waals surface area contributed by atoms with Gasteiger partial charge in [-0.3, -0.25) is 9.48 Å². The smallest absolute Gasteiger partial charge is 0.267 e. The predicted molar refractivity (Wildman–Crippen MR) is 118 cm³/mol. The zero-order valence-electron chi connectivity index (χ0n) is 19.2. The normalized spacial score (nSPS) is 27.7. The van der Waals surface area contributed by atoms with E-state index in [1.165, 1.54) is 18.2 Å². The van der Waals surface area contributed by atoms with Gasteiger partial charge in [0.05, 0.1) is 21.1 Å². The average Bonchev–Trinajstić information content (AvgIpc) is 2.98. The maximum absolute atomic E-state index is 14.2. The first-order valence-corrected chi connectivity index (χ1v) is 13.2. The molecule has 1 aromatic heterocycles. The molecule has 1 atom stereocenters. The zero-order chi connectivity index (χ0) is 25.6. The highest BCUT2D eigenvalue weighted by Gasteiger charge is 2.60. The van der Waals surface area contributed by atoms with Gasteiger partial charge in [-0.05, 0) is 54.9 Å². The third kappa shape index (κ3) is 4.13. The van der Waals surface area contributed by atoms with Gasteiger partial charge < -0.3 is 0 Å². The molecule has 6 nitrogen and oxygen atoms in total. The van der Waals surface area contributed by atoms with Crippen LogP contribution >= 0.6 is 0 Å². The van der Waals surface area contributed by atoms with E-state index in [0.29, 0.717) is 11.6 Å².